The molecule has 1 saturated heterocycles. The average Bonchev–Trinajstić information content (AvgIpc) is 3.18. The van der Waals surface area contributed by atoms with Gasteiger partial charge in [0.2, 0.25) is 5.95 Å². The number of fused-ring (bicyclic) bond motifs is 1. The van der Waals surface area contributed by atoms with Crippen LogP contribution in [0.2, 0.25) is 0 Å². The number of anilines is 2. The van der Waals surface area contributed by atoms with Gasteiger partial charge in [0.1, 0.15) is 11.5 Å². The fourth-order valence-electron chi connectivity index (χ4n) is 2.58. The van der Waals surface area contributed by atoms with Gasteiger partial charge in [-0.2, -0.15) is 10.1 Å². The number of nitrogens with two attached hydrogens (primary N) is 2. The molecule has 0 spiro atoms. The van der Waals surface area contributed by atoms with E-state index >= 15 is 0 Å². The Hall–Kier alpha value is -3.29. The fraction of sp³-hybridized carbons (Fsp3) is 0.357. The first-order chi connectivity index (χ1) is 12.9. The lowest BCUT2D eigenvalue weighted by atomic mass is 10.2. The summed E-state index contributed by atoms with van der Waals surface area (Å²) >= 11 is 0. The van der Waals surface area contributed by atoms with Crippen LogP contribution in [0.3, 0.4) is 0 Å². The maximum absolute atomic E-state index is 11.7. The van der Waals surface area contributed by atoms with Crippen LogP contribution in [-0.2, 0) is 4.74 Å². The predicted octanol–water partition coefficient (Wildman–Crippen LogP) is -2.31. The largest absolute Gasteiger partial charge is 0.394 e. The Bertz CT molecular complexity index is 1040. The summed E-state index contributed by atoms with van der Waals surface area (Å²) in [6.45, 7) is -0.285. The van der Waals surface area contributed by atoms with Gasteiger partial charge in [-0.15, -0.1) is 0 Å². The van der Waals surface area contributed by atoms with Crippen molar-refractivity contribution in [2.75, 3.05) is 18.1 Å². The lowest BCUT2D eigenvalue weighted by molar-refractivity contribution is -0.0470. The highest BCUT2D eigenvalue weighted by Crippen LogP contribution is 2.29. The van der Waals surface area contributed by atoms with Crippen molar-refractivity contribution >= 4 is 22.9 Å². The molecule has 4 heterocycles. The van der Waals surface area contributed by atoms with Crippen LogP contribution in [0, 0.1) is 0 Å². The quantitative estimate of drug-likeness (QED) is 0.280. The summed E-state index contributed by atoms with van der Waals surface area (Å²) in [5, 5.41) is 23.1. The minimum absolute atomic E-state index is 0.0171. The maximum Gasteiger partial charge on any atom is 0.263 e. The van der Waals surface area contributed by atoms with Crippen molar-refractivity contribution in [3.63, 3.8) is 0 Å². The number of ether oxygens (including phenoxy) is 1. The highest BCUT2D eigenvalue weighted by Gasteiger charge is 2.35. The molecule has 3 aromatic rings. The van der Waals surface area contributed by atoms with Crippen LogP contribution < -0.4 is 22.6 Å². The second-order valence-corrected chi connectivity index (χ2v) is 5.71. The molecule has 8 N–H and O–H groups in total. The van der Waals surface area contributed by atoms with Crippen LogP contribution in [0.5, 0.6) is 0 Å². The van der Waals surface area contributed by atoms with E-state index in [2.05, 4.69) is 25.0 Å². The van der Waals surface area contributed by atoms with Gasteiger partial charge in [0.05, 0.1) is 18.9 Å². The number of rotatable bonds is 2. The molecule has 0 saturated carbocycles. The van der Waals surface area contributed by atoms with Gasteiger partial charge in [-0.1, -0.05) is 0 Å². The maximum atomic E-state index is 11.7. The Labute approximate surface area is 150 Å². The van der Waals surface area contributed by atoms with E-state index in [-0.39, 0.29) is 41.7 Å². The van der Waals surface area contributed by atoms with E-state index in [0.717, 1.165) is 0 Å². The van der Waals surface area contributed by atoms with E-state index in [1.54, 1.807) is 0 Å². The molecule has 1 aliphatic heterocycles. The van der Waals surface area contributed by atoms with Crippen molar-refractivity contribution in [1.29, 1.82) is 0 Å². The van der Waals surface area contributed by atoms with Gasteiger partial charge in [0.15, 0.2) is 17.8 Å². The van der Waals surface area contributed by atoms with Gasteiger partial charge in [-0.25, -0.2) is 9.67 Å². The van der Waals surface area contributed by atoms with E-state index in [0.29, 0.717) is 5.39 Å². The first-order valence-corrected chi connectivity index (χ1v) is 7.87. The smallest absolute Gasteiger partial charge is 0.263 e. The summed E-state index contributed by atoms with van der Waals surface area (Å²) in [5.41, 5.74) is 10.3. The van der Waals surface area contributed by atoms with Gasteiger partial charge in [0, 0.05) is 18.7 Å². The van der Waals surface area contributed by atoms with E-state index in [1.807, 2.05) is 0 Å². The molecule has 0 bridgehead atoms. The van der Waals surface area contributed by atoms with Crippen LogP contribution in [0.1, 0.15) is 12.6 Å². The van der Waals surface area contributed by atoms with Gasteiger partial charge in [-0.05, 0) is 0 Å². The standard InChI is InChI=1S/C10H13N5O4.C4H5N3O/c11-10-13-8-4(9(18)14-10)2-12-15(8)7-1-5(17)6(3-16)19-7;5-4-6-2-1-3(8)7-4/h2,5-7,16-17H,1,3H2,(H3,11,13,14,18);1-2H,(H3,5,6,7,8). The third-order valence-corrected chi connectivity index (χ3v) is 3.83. The van der Waals surface area contributed by atoms with Crippen molar-refractivity contribution in [2.24, 2.45) is 0 Å². The molecule has 13 nitrogen and oxygen atoms in total. The second-order valence-electron chi connectivity index (χ2n) is 5.71. The number of nitrogen functional groups attached to an aromatic ring is 2. The summed E-state index contributed by atoms with van der Waals surface area (Å²) in [5.74, 6) is 0.133. The van der Waals surface area contributed by atoms with Gasteiger partial charge >= 0.3 is 0 Å². The summed E-state index contributed by atoms with van der Waals surface area (Å²) < 4.78 is 6.85. The molecule has 1 fully saturated rings. The monoisotopic (exact) mass is 378 g/mol. The molecule has 1 aliphatic rings. The molecule has 0 radical (unpaired) electrons. The van der Waals surface area contributed by atoms with E-state index in [9.17, 15) is 14.7 Å². The summed E-state index contributed by atoms with van der Waals surface area (Å²) in [6, 6.07) is 1.30. The van der Waals surface area contributed by atoms with Crippen LogP contribution in [0.15, 0.2) is 28.0 Å². The molecule has 0 aliphatic carbocycles. The number of nitrogens with zero attached hydrogens (tertiary/aromatic N) is 4. The van der Waals surface area contributed by atoms with E-state index in [1.165, 1.54) is 23.1 Å². The fourth-order valence-corrected chi connectivity index (χ4v) is 2.58. The zero-order chi connectivity index (χ0) is 19.6. The lowest BCUT2D eigenvalue weighted by Crippen LogP contribution is -2.24. The molecule has 3 atom stereocenters. The second kappa shape index (κ2) is 7.53. The topological polar surface area (TPSA) is 211 Å². The Kier molecular flexibility index (Phi) is 5.16. The molecule has 3 unspecified atom stereocenters. The highest BCUT2D eigenvalue weighted by atomic mass is 16.5. The average molecular weight is 378 g/mol. The van der Waals surface area contributed by atoms with E-state index in [4.69, 9.17) is 21.3 Å². The molecule has 3 aromatic heterocycles. The third-order valence-electron chi connectivity index (χ3n) is 3.83. The number of H-pyrrole nitrogens is 2. The highest BCUT2D eigenvalue weighted by molar-refractivity contribution is 5.74. The summed E-state index contributed by atoms with van der Waals surface area (Å²) in [7, 11) is 0. The first-order valence-electron chi connectivity index (χ1n) is 7.87. The molecule has 13 heteroatoms. The van der Waals surface area contributed by atoms with E-state index < -0.39 is 18.4 Å². The summed E-state index contributed by atoms with van der Waals surface area (Å²) in [4.78, 5) is 34.2. The molecule has 0 aromatic carbocycles. The molecular formula is C14H18N8O5. The zero-order valence-electron chi connectivity index (χ0n) is 13.9. The predicted molar refractivity (Wildman–Crippen MR) is 93.5 cm³/mol. The van der Waals surface area contributed by atoms with Crippen molar-refractivity contribution in [2.45, 2.75) is 24.9 Å². The number of hydrogen-bond acceptors (Lipinski definition) is 10. The van der Waals surface area contributed by atoms with Gasteiger partial charge in [-0.3, -0.25) is 19.6 Å². The number of nitrogens with one attached hydrogen (secondary N) is 2. The Morgan fingerprint density at radius 2 is 2.07 bits per heavy atom. The first kappa shape index (κ1) is 18.5. The minimum Gasteiger partial charge on any atom is -0.394 e. The van der Waals surface area contributed by atoms with Crippen LogP contribution in [0.4, 0.5) is 11.9 Å². The molecule has 27 heavy (non-hydrogen) atoms. The van der Waals surface area contributed by atoms with Crippen LogP contribution >= 0.6 is 0 Å². The molecule has 144 valence electrons. The zero-order valence-corrected chi connectivity index (χ0v) is 13.9. The minimum atomic E-state index is -0.784. The van der Waals surface area contributed by atoms with Crippen LogP contribution in [-0.4, -0.2) is 58.7 Å². The van der Waals surface area contributed by atoms with Crippen molar-refractivity contribution in [1.82, 2.24) is 29.7 Å². The summed E-state index contributed by atoms with van der Waals surface area (Å²) in [6.07, 6.45) is 0.947. The lowest BCUT2D eigenvalue weighted by Gasteiger charge is -2.12. The number of hydrogen-bond donors (Lipinski definition) is 6. The Morgan fingerprint density at radius 3 is 2.67 bits per heavy atom. The number of aliphatic hydroxyl groups excluding tert-OH is 2. The van der Waals surface area contributed by atoms with Crippen molar-refractivity contribution in [3.05, 3.63) is 39.2 Å². The Morgan fingerprint density at radius 1 is 1.30 bits per heavy atom. The normalized spacial score (nSPS) is 21.8. The number of aliphatic hydroxyl groups is 2. The molecular weight excluding hydrogens is 360 g/mol. The molecule has 0 amide bonds. The van der Waals surface area contributed by atoms with Crippen molar-refractivity contribution < 1.29 is 14.9 Å². The number of aromatic nitrogens is 6. The SMILES string of the molecule is Nc1nc2c(cnn2C2CC(O)C(CO)O2)c(=O)[nH]1.Nc1nccc(=O)[nH]1. The molecule has 4 rings (SSSR count). The third kappa shape index (κ3) is 3.94. The van der Waals surface area contributed by atoms with Crippen molar-refractivity contribution in [3.8, 4) is 0 Å². The van der Waals surface area contributed by atoms with Crippen LogP contribution in [0.25, 0.3) is 11.0 Å². The van der Waals surface area contributed by atoms with Gasteiger partial charge < -0.3 is 26.4 Å². The number of aromatic amines is 2. The van der Waals surface area contributed by atoms with Gasteiger partial charge in [0.25, 0.3) is 11.1 Å². The Balaban J connectivity index is 0.000000221.